The molecule has 0 fully saturated rings. The number of thiophene rings is 1. The molecule has 1 amide bonds. The molecule has 7 heteroatoms. The Hall–Kier alpha value is -2.38. The Bertz CT molecular complexity index is 829. The number of likely N-dealkylation sites (N-methyl/N-ethyl adjacent to an activating group) is 1. The number of hydrogen-bond donors (Lipinski definition) is 2. The highest BCUT2D eigenvalue weighted by molar-refractivity contribution is 7.17. The Balaban J connectivity index is 1.79. The molecule has 1 aliphatic rings. The molecule has 0 bridgehead atoms. The third-order valence-corrected chi connectivity index (χ3v) is 6.04. The summed E-state index contributed by atoms with van der Waals surface area (Å²) >= 11 is 1.50. The summed E-state index contributed by atoms with van der Waals surface area (Å²) in [7, 11) is 2.98. The van der Waals surface area contributed by atoms with Crippen LogP contribution in [0.4, 0.5) is 5.00 Å². The molecule has 1 unspecified atom stereocenters. The maximum absolute atomic E-state index is 12.5. The van der Waals surface area contributed by atoms with Crippen LogP contribution in [0.25, 0.3) is 0 Å². The number of esters is 1. The number of benzene rings is 1. The van der Waals surface area contributed by atoms with E-state index in [-0.39, 0.29) is 18.3 Å². The van der Waals surface area contributed by atoms with E-state index in [0.29, 0.717) is 10.6 Å². The van der Waals surface area contributed by atoms with Crippen molar-refractivity contribution in [3.63, 3.8) is 0 Å². The molecule has 3 rings (SSSR count). The van der Waals surface area contributed by atoms with Crippen LogP contribution in [0, 0.1) is 0 Å². The maximum Gasteiger partial charge on any atom is 0.341 e. The first-order chi connectivity index (χ1) is 13.0. The summed E-state index contributed by atoms with van der Waals surface area (Å²) in [6.45, 7) is 5.08. The zero-order chi connectivity index (χ0) is 19.4. The minimum atomic E-state index is -0.382. The number of amides is 1. The molecule has 27 heavy (non-hydrogen) atoms. The molecular formula is C20H25N2O4S+. The minimum Gasteiger partial charge on any atom is -0.497 e. The number of carbonyl (C=O) groups is 2. The lowest BCUT2D eigenvalue weighted by Crippen LogP contribution is -3.11. The summed E-state index contributed by atoms with van der Waals surface area (Å²) < 4.78 is 10.1. The number of rotatable bonds is 6. The highest BCUT2D eigenvalue weighted by atomic mass is 32.1. The van der Waals surface area contributed by atoms with Gasteiger partial charge in [-0.2, -0.15) is 0 Å². The quantitative estimate of drug-likeness (QED) is 0.738. The number of carbonyl (C=O) groups excluding carboxylic acids is 2. The number of fused-ring (bicyclic) bond motifs is 1. The number of quaternary nitrogens is 1. The molecule has 144 valence electrons. The normalized spacial score (nSPS) is 15.7. The van der Waals surface area contributed by atoms with Gasteiger partial charge in [0.05, 0.1) is 44.2 Å². The first-order valence-corrected chi connectivity index (χ1v) is 9.86. The second kappa shape index (κ2) is 8.54. The van der Waals surface area contributed by atoms with E-state index in [2.05, 4.69) is 12.2 Å². The summed E-state index contributed by atoms with van der Waals surface area (Å²) in [6, 6.07) is 7.38. The lowest BCUT2D eigenvalue weighted by atomic mass is 10.0. The van der Waals surface area contributed by atoms with Crippen LogP contribution in [-0.2, 0) is 28.9 Å². The Morgan fingerprint density at radius 3 is 2.59 bits per heavy atom. The standard InChI is InChI=1S/C20H24N2O4S/c1-4-22-10-9-15-16(12-22)27-19(18(15)20(24)26-3)21-17(23)11-13-5-7-14(25-2)8-6-13/h5-8H,4,9-12H2,1-3H3,(H,21,23)/p+1. The molecule has 2 heterocycles. The summed E-state index contributed by atoms with van der Waals surface area (Å²) in [6.07, 6.45) is 1.06. The fourth-order valence-electron chi connectivity index (χ4n) is 3.34. The van der Waals surface area contributed by atoms with E-state index >= 15 is 0 Å². The second-order valence-electron chi connectivity index (χ2n) is 6.55. The fourth-order valence-corrected chi connectivity index (χ4v) is 4.67. The van der Waals surface area contributed by atoms with E-state index < -0.39 is 0 Å². The van der Waals surface area contributed by atoms with Crippen LogP contribution in [0.3, 0.4) is 0 Å². The first-order valence-electron chi connectivity index (χ1n) is 9.04. The Labute approximate surface area is 163 Å². The van der Waals surface area contributed by atoms with Crippen molar-refractivity contribution < 1.29 is 24.0 Å². The minimum absolute atomic E-state index is 0.149. The summed E-state index contributed by atoms with van der Waals surface area (Å²) in [5.41, 5.74) is 2.44. The maximum atomic E-state index is 12.5. The van der Waals surface area contributed by atoms with Gasteiger partial charge in [-0.1, -0.05) is 12.1 Å². The largest absolute Gasteiger partial charge is 0.497 e. The van der Waals surface area contributed by atoms with Gasteiger partial charge in [0.1, 0.15) is 17.3 Å². The van der Waals surface area contributed by atoms with Gasteiger partial charge in [-0.3, -0.25) is 4.79 Å². The molecular weight excluding hydrogens is 364 g/mol. The van der Waals surface area contributed by atoms with Gasteiger partial charge in [0.2, 0.25) is 5.91 Å². The number of anilines is 1. The summed E-state index contributed by atoms with van der Waals surface area (Å²) in [5.74, 6) is 0.219. The molecule has 1 atom stereocenters. The molecule has 2 aromatic rings. The van der Waals surface area contributed by atoms with Crippen LogP contribution >= 0.6 is 11.3 Å². The molecule has 1 aromatic heterocycles. The number of nitrogens with one attached hydrogen (secondary N) is 2. The predicted octanol–water partition coefficient (Wildman–Crippen LogP) is 1.69. The van der Waals surface area contributed by atoms with Crippen LogP contribution < -0.4 is 15.0 Å². The Morgan fingerprint density at radius 1 is 1.22 bits per heavy atom. The van der Waals surface area contributed by atoms with Gasteiger partial charge in [0.25, 0.3) is 0 Å². The average Bonchev–Trinajstić information content (AvgIpc) is 3.04. The number of methoxy groups -OCH3 is 2. The third-order valence-electron chi connectivity index (χ3n) is 4.90. The summed E-state index contributed by atoms with van der Waals surface area (Å²) in [5, 5.41) is 3.53. The van der Waals surface area contributed by atoms with E-state index in [1.165, 1.54) is 28.2 Å². The zero-order valence-corrected chi connectivity index (χ0v) is 16.7. The van der Waals surface area contributed by atoms with Crippen molar-refractivity contribution in [3.8, 4) is 5.75 Å². The van der Waals surface area contributed by atoms with E-state index in [0.717, 1.165) is 42.9 Å². The van der Waals surface area contributed by atoms with Gasteiger partial charge in [0, 0.05) is 6.42 Å². The van der Waals surface area contributed by atoms with Crippen LogP contribution in [0.1, 0.15) is 33.3 Å². The van der Waals surface area contributed by atoms with E-state index in [1.807, 2.05) is 24.3 Å². The van der Waals surface area contributed by atoms with Crippen LogP contribution in [0.2, 0.25) is 0 Å². The lowest BCUT2D eigenvalue weighted by molar-refractivity contribution is -0.913. The van der Waals surface area contributed by atoms with Crippen molar-refractivity contribution in [2.24, 2.45) is 0 Å². The van der Waals surface area contributed by atoms with Gasteiger partial charge < -0.3 is 19.7 Å². The Morgan fingerprint density at radius 2 is 1.96 bits per heavy atom. The monoisotopic (exact) mass is 389 g/mol. The highest BCUT2D eigenvalue weighted by Gasteiger charge is 2.30. The van der Waals surface area contributed by atoms with Crippen molar-refractivity contribution in [2.75, 3.05) is 32.6 Å². The van der Waals surface area contributed by atoms with E-state index in [4.69, 9.17) is 9.47 Å². The molecule has 1 aromatic carbocycles. The van der Waals surface area contributed by atoms with Crippen molar-refractivity contribution in [2.45, 2.75) is 26.3 Å². The highest BCUT2D eigenvalue weighted by Crippen LogP contribution is 2.35. The predicted molar refractivity (Wildman–Crippen MR) is 105 cm³/mol. The Kier molecular flexibility index (Phi) is 6.13. The molecule has 0 saturated heterocycles. The van der Waals surface area contributed by atoms with E-state index in [1.54, 1.807) is 7.11 Å². The summed E-state index contributed by atoms with van der Waals surface area (Å²) in [4.78, 5) is 27.5. The average molecular weight is 389 g/mol. The number of ether oxygens (including phenoxy) is 2. The van der Waals surface area contributed by atoms with Crippen LogP contribution in [0.15, 0.2) is 24.3 Å². The van der Waals surface area contributed by atoms with Crippen molar-refractivity contribution in [1.29, 1.82) is 0 Å². The molecule has 0 radical (unpaired) electrons. The van der Waals surface area contributed by atoms with Crippen LogP contribution in [0.5, 0.6) is 5.75 Å². The smallest absolute Gasteiger partial charge is 0.341 e. The van der Waals surface area contributed by atoms with E-state index in [9.17, 15) is 9.59 Å². The van der Waals surface area contributed by atoms with Crippen molar-refractivity contribution >= 4 is 28.2 Å². The van der Waals surface area contributed by atoms with Gasteiger partial charge in [0.15, 0.2) is 0 Å². The SMILES string of the molecule is CC[NH+]1CCc2c(sc(NC(=O)Cc3ccc(OC)cc3)c2C(=O)OC)C1. The number of hydrogen-bond acceptors (Lipinski definition) is 5. The molecule has 0 spiro atoms. The molecule has 0 aliphatic carbocycles. The van der Waals surface area contributed by atoms with Crippen molar-refractivity contribution in [3.05, 3.63) is 45.8 Å². The first kappa shape index (κ1) is 19.4. The molecule has 6 nitrogen and oxygen atoms in total. The van der Waals surface area contributed by atoms with Gasteiger partial charge >= 0.3 is 5.97 Å². The molecule has 1 aliphatic heterocycles. The van der Waals surface area contributed by atoms with Crippen LogP contribution in [-0.4, -0.2) is 39.2 Å². The fraction of sp³-hybridized carbons (Fsp3) is 0.400. The van der Waals surface area contributed by atoms with Gasteiger partial charge in [-0.25, -0.2) is 4.79 Å². The second-order valence-corrected chi connectivity index (χ2v) is 7.66. The molecule has 0 saturated carbocycles. The van der Waals surface area contributed by atoms with Crippen molar-refractivity contribution in [1.82, 2.24) is 0 Å². The van der Waals surface area contributed by atoms with Gasteiger partial charge in [-0.15, -0.1) is 11.3 Å². The zero-order valence-electron chi connectivity index (χ0n) is 15.9. The topological polar surface area (TPSA) is 69.1 Å². The lowest BCUT2D eigenvalue weighted by Gasteiger charge is -2.22. The third kappa shape index (κ3) is 4.31. The van der Waals surface area contributed by atoms with Gasteiger partial charge in [-0.05, 0) is 30.2 Å². The molecule has 2 N–H and O–H groups in total.